The van der Waals surface area contributed by atoms with E-state index in [1.807, 2.05) is 24.3 Å². The maximum Gasteiger partial charge on any atom is 0.340 e. The van der Waals surface area contributed by atoms with Crippen LogP contribution >= 0.6 is 0 Å². The Morgan fingerprint density at radius 1 is 1.18 bits per heavy atom. The van der Waals surface area contributed by atoms with Crippen LogP contribution in [-0.2, 0) is 11.3 Å². The fraction of sp³-hybridized carbons (Fsp3) is 0.100. The van der Waals surface area contributed by atoms with Gasteiger partial charge in [-0.15, -0.1) is 0 Å². The summed E-state index contributed by atoms with van der Waals surface area (Å²) < 4.78 is 20.2. The highest BCUT2D eigenvalue weighted by molar-refractivity contribution is 5.93. The molecule has 0 spiro atoms. The van der Waals surface area contributed by atoms with Gasteiger partial charge in [0.05, 0.1) is 24.7 Å². The fourth-order valence-electron chi connectivity index (χ4n) is 2.93. The molecule has 0 N–H and O–H groups in total. The van der Waals surface area contributed by atoms with Gasteiger partial charge in [0.15, 0.2) is 5.82 Å². The second-order valence-electron chi connectivity index (χ2n) is 6.02. The number of carbonyl (C=O) groups excluding carboxylic acids is 1. The maximum atomic E-state index is 14.1. The molecule has 0 amide bonds. The summed E-state index contributed by atoms with van der Waals surface area (Å²) >= 11 is 0. The molecule has 0 aliphatic rings. The van der Waals surface area contributed by atoms with Crippen LogP contribution in [0.25, 0.3) is 22.4 Å². The first-order valence-electron chi connectivity index (χ1n) is 8.40. The van der Waals surface area contributed by atoms with Crippen LogP contribution in [0.3, 0.4) is 0 Å². The maximum absolute atomic E-state index is 14.1. The number of hydrogen-bond donors (Lipinski definition) is 0. The lowest BCUT2D eigenvalue weighted by molar-refractivity contribution is -0.275. The second kappa shape index (κ2) is 7.07. The monoisotopic (exact) mass is 377 g/mol. The zero-order valence-electron chi connectivity index (χ0n) is 14.8. The molecule has 0 saturated heterocycles. The summed E-state index contributed by atoms with van der Waals surface area (Å²) in [4.78, 5) is 19.6. The summed E-state index contributed by atoms with van der Waals surface area (Å²) in [5.74, 6) is -1.79. The molecule has 4 rings (SSSR count). The van der Waals surface area contributed by atoms with Gasteiger partial charge in [-0.2, -0.15) is 5.10 Å². The van der Waals surface area contributed by atoms with E-state index in [1.54, 1.807) is 22.9 Å². The van der Waals surface area contributed by atoms with Gasteiger partial charge in [-0.3, -0.25) is 4.68 Å². The van der Waals surface area contributed by atoms with Crippen molar-refractivity contribution in [3.8, 4) is 17.4 Å². The van der Waals surface area contributed by atoms with Crippen LogP contribution in [0.4, 0.5) is 4.39 Å². The van der Waals surface area contributed by atoms with Crippen LogP contribution in [-0.4, -0.2) is 32.8 Å². The van der Waals surface area contributed by atoms with Crippen molar-refractivity contribution in [1.82, 2.24) is 19.7 Å². The molecule has 0 aliphatic heterocycles. The predicted molar refractivity (Wildman–Crippen MR) is 97.0 cm³/mol. The molecule has 28 heavy (non-hydrogen) atoms. The van der Waals surface area contributed by atoms with Crippen molar-refractivity contribution in [2.24, 2.45) is 0 Å². The highest BCUT2D eigenvalue weighted by Gasteiger charge is 2.17. The molecule has 2 heterocycles. The number of nitrogens with zero attached hydrogens (tertiary/aromatic N) is 4. The van der Waals surface area contributed by atoms with E-state index in [0.29, 0.717) is 16.6 Å². The van der Waals surface area contributed by atoms with Crippen molar-refractivity contribution in [3.63, 3.8) is 0 Å². The van der Waals surface area contributed by atoms with Gasteiger partial charge in [-0.05, 0) is 12.1 Å². The molecule has 0 bridgehead atoms. The van der Waals surface area contributed by atoms with E-state index in [-0.39, 0.29) is 23.7 Å². The zero-order chi connectivity index (χ0) is 19.7. The molecule has 8 heteroatoms. The van der Waals surface area contributed by atoms with Gasteiger partial charge in [-0.25, -0.2) is 19.2 Å². The lowest BCUT2D eigenvalue weighted by Crippen LogP contribution is -2.10. The molecule has 2 aromatic heterocycles. The smallest absolute Gasteiger partial charge is 0.340 e. The molecule has 4 aromatic rings. The van der Waals surface area contributed by atoms with Gasteiger partial charge in [0.2, 0.25) is 0 Å². The number of halogens is 1. The summed E-state index contributed by atoms with van der Waals surface area (Å²) in [5, 5.41) is 17.4. The number of aromatic nitrogens is 4. The number of ether oxygens (including phenoxy) is 1. The van der Waals surface area contributed by atoms with Crippen LogP contribution in [0.1, 0.15) is 15.9 Å². The van der Waals surface area contributed by atoms with Crippen molar-refractivity contribution in [2.75, 3.05) is 7.11 Å². The molecule has 0 atom stereocenters. The number of esters is 1. The molecule has 0 radical (unpaired) electrons. The Bertz CT molecular complexity index is 1190. The molecule has 0 aliphatic carbocycles. The van der Waals surface area contributed by atoms with Gasteiger partial charge in [0.25, 0.3) is 0 Å². The zero-order valence-corrected chi connectivity index (χ0v) is 14.8. The van der Waals surface area contributed by atoms with Gasteiger partial charge in [0, 0.05) is 23.0 Å². The Labute approximate surface area is 159 Å². The highest BCUT2D eigenvalue weighted by Crippen LogP contribution is 2.27. The summed E-state index contributed by atoms with van der Waals surface area (Å²) in [5.41, 5.74) is 1.35. The number of fused-ring (bicyclic) bond motifs is 1. The molecule has 0 saturated carbocycles. The van der Waals surface area contributed by atoms with Crippen molar-refractivity contribution in [1.29, 1.82) is 0 Å². The highest BCUT2D eigenvalue weighted by atomic mass is 19.1. The molecule has 0 unspecified atom stereocenters. The lowest BCUT2D eigenvalue weighted by Gasteiger charge is -2.10. The third kappa shape index (κ3) is 3.05. The standard InChI is InChI=1S/C20H15FN4O3/c1-28-20(27)14-10-22-18(23-19(14)26)17-13-7-3-5-9-16(13)25(24-17)11-12-6-2-4-8-15(12)21/h2-10H,11H2,1H3,(H,22,23,26)/p-1. The molecular formula is C20H14FN4O3-. The van der Waals surface area contributed by atoms with Crippen LogP contribution in [0.2, 0.25) is 0 Å². The SMILES string of the molecule is COC(=O)c1cnc(-c2nn(Cc3ccccc3F)c3ccccc23)nc1[O-]. The molecule has 0 fully saturated rings. The Kier molecular flexibility index (Phi) is 4.44. The minimum Gasteiger partial charge on any atom is -0.858 e. The second-order valence-corrected chi connectivity index (χ2v) is 6.02. The predicted octanol–water partition coefficient (Wildman–Crippen LogP) is 2.54. The van der Waals surface area contributed by atoms with E-state index < -0.39 is 11.8 Å². The van der Waals surface area contributed by atoms with E-state index in [1.165, 1.54) is 13.2 Å². The molecule has 140 valence electrons. The Morgan fingerprint density at radius 3 is 2.68 bits per heavy atom. The minimum absolute atomic E-state index is 0.0844. The van der Waals surface area contributed by atoms with E-state index in [9.17, 15) is 14.3 Å². The third-order valence-corrected chi connectivity index (χ3v) is 4.31. The Hall–Kier alpha value is -3.81. The van der Waals surface area contributed by atoms with Gasteiger partial charge >= 0.3 is 5.97 Å². The minimum atomic E-state index is -0.800. The van der Waals surface area contributed by atoms with Gasteiger partial charge in [0.1, 0.15) is 11.5 Å². The third-order valence-electron chi connectivity index (χ3n) is 4.31. The summed E-state index contributed by atoms with van der Waals surface area (Å²) in [6.45, 7) is 0.206. The summed E-state index contributed by atoms with van der Waals surface area (Å²) in [6, 6.07) is 13.8. The number of methoxy groups -OCH3 is 1. The summed E-state index contributed by atoms with van der Waals surface area (Å²) in [7, 11) is 1.17. The molecular weight excluding hydrogens is 363 g/mol. The Balaban J connectivity index is 1.82. The lowest BCUT2D eigenvalue weighted by atomic mass is 10.2. The number of para-hydroxylation sites is 1. The van der Waals surface area contributed by atoms with E-state index >= 15 is 0 Å². The fourth-order valence-corrected chi connectivity index (χ4v) is 2.93. The van der Waals surface area contributed by atoms with E-state index in [2.05, 4.69) is 19.8 Å². The van der Waals surface area contributed by atoms with Crippen molar-refractivity contribution in [2.45, 2.75) is 6.54 Å². The van der Waals surface area contributed by atoms with Crippen molar-refractivity contribution >= 4 is 16.9 Å². The number of benzene rings is 2. The van der Waals surface area contributed by atoms with Crippen LogP contribution in [0.15, 0.2) is 54.7 Å². The van der Waals surface area contributed by atoms with Gasteiger partial charge < -0.3 is 9.84 Å². The van der Waals surface area contributed by atoms with E-state index in [4.69, 9.17) is 0 Å². The first-order chi connectivity index (χ1) is 13.6. The van der Waals surface area contributed by atoms with Gasteiger partial charge in [-0.1, -0.05) is 36.4 Å². The normalized spacial score (nSPS) is 10.9. The summed E-state index contributed by atoms with van der Waals surface area (Å²) in [6.07, 6.45) is 1.13. The van der Waals surface area contributed by atoms with Crippen LogP contribution in [0.5, 0.6) is 5.88 Å². The average Bonchev–Trinajstić information content (AvgIpc) is 3.08. The number of rotatable bonds is 4. The average molecular weight is 377 g/mol. The Morgan fingerprint density at radius 2 is 1.93 bits per heavy atom. The van der Waals surface area contributed by atoms with E-state index in [0.717, 1.165) is 11.7 Å². The number of hydrogen-bond acceptors (Lipinski definition) is 6. The first-order valence-corrected chi connectivity index (χ1v) is 8.40. The quantitative estimate of drug-likeness (QED) is 0.508. The number of carbonyl (C=O) groups is 1. The molecule has 7 nitrogen and oxygen atoms in total. The van der Waals surface area contributed by atoms with Crippen LogP contribution in [0, 0.1) is 5.82 Å². The van der Waals surface area contributed by atoms with Crippen molar-refractivity contribution in [3.05, 3.63) is 71.7 Å². The van der Waals surface area contributed by atoms with Crippen LogP contribution < -0.4 is 5.11 Å². The first kappa shape index (κ1) is 17.6. The largest absolute Gasteiger partial charge is 0.858 e. The topological polar surface area (TPSA) is 93.0 Å². The van der Waals surface area contributed by atoms with Crippen molar-refractivity contribution < 1.29 is 19.0 Å². The molecule has 2 aromatic carbocycles.